The van der Waals surface area contributed by atoms with Crippen LogP contribution < -0.4 is 4.90 Å². The Balaban J connectivity index is 1.54. The van der Waals surface area contributed by atoms with Gasteiger partial charge in [-0.15, -0.1) is 10.2 Å². The number of hydrogen-bond donors (Lipinski definition) is 0. The largest absolute Gasteiger partial charge is 0.369 e. The summed E-state index contributed by atoms with van der Waals surface area (Å²) < 4.78 is 43.1. The molecule has 0 aliphatic carbocycles. The lowest BCUT2D eigenvalue weighted by atomic mass is 10.2. The van der Waals surface area contributed by atoms with Gasteiger partial charge in [0.05, 0.1) is 0 Å². The Bertz CT molecular complexity index is 1120. The first-order valence-corrected chi connectivity index (χ1v) is 12.3. The van der Waals surface area contributed by atoms with E-state index in [1.54, 1.807) is 46.6 Å². The number of benzene rings is 1. The number of nitrogens with zero attached hydrogens (tertiary/aromatic N) is 5. The molecule has 3 aromatic rings. The van der Waals surface area contributed by atoms with Gasteiger partial charge in [0.25, 0.3) is 0 Å². The Kier molecular flexibility index (Phi) is 5.99. The van der Waals surface area contributed by atoms with E-state index in [0.29, 0.717) is 42.9 Å². The average molecular weight is 450 g/mol. The molecule has 3 heterocycles. The van der Waals surface area contributed by atoms with Crippen LogP contribution >= 0.6 is 11.8 Å². The van der Waals surface area contributed by atoms with E-state index in [9.17, 15) is 12.8 Å². The van der Waals surface area contributed by atoms with E-state index in [1.165, 1.54) is 16.4 Å². The molecular formula is C20H24FN5O2S2. The molecule has 7 nitrogen and oxygen atoms in total. The average Bonchev–Trinajstić information content (AvgIpc) is 3.16. The van der Waals surface area contributed by atoms with Crippen molar-refractivity contribution in [2.45, 2.75) is 23.9 Å². The maximum Gasteiger partial charge on any atom is 0.246 e. The van der Waals surface area contributed by atoms with Crippen LogP contribution in [-0.4, -0.2) is 59.3 Å². The van der Waals surface area contributed by atoms with Gasteiger partial charge in [-0.25, -0.2) is 12.8 Å². The van der Waals surface area contributed by atoms with Crippen LogP contribution in [0.5, 0.6) is 0 Å². The zero-order chi connectivity index (χ0) is 21.3. The van der Waals surface area contributed by atoms with Crippen LogP contribution in [-0.2, 0) is 10.0 Å². The van der Waals surface area contributed by atoms with Gasteiger partial charge in [-0.3, -0.25) is 4.40 Å². The van der Waals surface area contributed by atoms with E-state index in [-0.39, 0.29) is 10.7 Å². The molecule has 1 aromatic carbocycles. The maximum absolute atomic E-state index is 13.3. The molecule has 0 bridgehead atoms. The van der Waals surface area contributed by atoms with Gasteiger partial charge in [0.15, 0.2) is 10.8 Å². The van der Waals surface area contributed by atoms with Crippen molar-refractivity contribution in [3.8, 4) is 0 Å². The predicted molar refractivity (Wildman–Crippen MR) is 116 cm³/mol. The summed E-state index contributed by atoms with van der Waals surface area (Å²) in [6.07, 6.45) is 1.80. The Morgan fingerprint density at radius 3 is 2.43 bits per heavy atom. The molecule has 0 N–H and O–H groups in total. The molecule has 160 valence electrons. The van der Waals surface area contributed by atoms with Crippen molar-refractivity contribution < 1.29 is 12.8 Å². The van der Waals surface area contributed by atoms with Crippen molar-refractivity contribution >= 4 is 33.1 Å². The first kappa shape index (κ1) is 21.1. The second-order valence-corrected chi connectivity index (χ2v) is 10.5. The summed E-state index contributed by atoms with van der Waals surface area (Å²) in [4.78, 5) is 2.23. The van der Waals surface area contributed by atoms with E-state index < -0.39 is 10.0 Å². The zero-order valence-electron chi connectivity index (χ0n) is 16.9. The van der Waals surface area contributed by atoms with E-state index in [4.69, 9.17) is 0 Å². The molecule has 0 unspecified atom stereocenters. The van der Waals surface area contributed by atoms with Crippen molar-refractivity contribution in [3.63, 3.8) is 0 Å². The van der Waals surface area contributed by atoms with Crippen LogP contribution in [0.15, 0.2) is 52.6 Å². The number of rotatable bonds is 6. The van der Waals surface area contributed by atoms with Crippen LogP contribution in [0, 0.1) is 11.7 Å². The summed E-state index contributed by atoms with van der Waals surface area (Å²) in [6.45, 7) is 6.02. The molecule has 10 heteroatoms. The summed E-state index contributed by atoms with van der Waals surface area (Å²) in [5.41, 5.74) is 1.24. The molecule has 1 saturated heterocycles. The van der Waals surface area contributed by atoms with Crippen molar-refractivity contribution in [2.75, 3.05) is 36.8 Å². The van der Waals surface area contributed by atoms with Crippen molar-refractivity contribution in [1.82, 2.24) is 18.9 Å². The standard InChI is InChI=1S/C20H24FN5O2S2/c1-15(2)14-29-20-23-22-19-18(4-3-9-26(19)20)30(27,28)25-12-10-24(11-13-25)17-7-5-16(21)6-8-17/h3-9,15H,10-14H2,1-2H3. The highest BCUT2D eigenvalue weighted by atomic mass is 32.2. The Morgan fingerprint density at radius 2 is 1.77 bits per heavy atom. The van der Waals surface area contributed by atoms with E-state index >= 15 is 0 Å². The van der Waals surface area contributed by atoms with Gasteiger partial charge in [-0.05, 0) is 42.3 Å². The fourth-order valence-electron chi connectivity index (χ4n) is 3.39. The van der Waals surface area contributed by atoms with Crippen LogP contribution in [0.25, 0.3) is 5.65 Å². The number of anilines is 1. The molecule has 0 amide bonds. The quantitative estimate of drug-likeness (QED) is 0.539. The minimum Gasteiger partial charge on any atom is -0.369 e. The molecule has 0 spiro atoms. The predicted octanol–water partition coefficient (Wildman–Crippen LogP) is 3.13. The highest BCUT2D eigenvalue weighted by molar-refractivity contribution is 7.99. The number of pyridine rings is 1. The second kappa shape index (κ2) is 8.52. The highest BCUT2D eigenvalue weighted by Crippen LogP contribution is 2.26. The molecule has 30 heavy (non-hydrogen) atoms. The van der Waals surface area contributed by atoms with Gasteiger partial charge in [-0.1, -0.05) is 25.6 Å². The van der Waals surface area contributed by atoms with E-state index in [2.05, 4.69) is 28.9 Å². The topological polar surface area (TPSA) is 70.8 Å². The van der Waals surface area contributed by atoms with Gasteiger partial charge < -0.3 is 4.90 Å². The van der Waals surface area contributed by atoms with E-state index in [1.807, 2.05) is 0 Å². The van der Waals surface area contributed by atoms with E-state index in [0.717, 1.165) is 11.4 Å². The second-order valence-electron chi connectivity index (χ2n) is 7.62. The van der Waals surface area contributed by atoms with Gasteiger partial charge >= 0.3 is 0 Å². The molecule has 0 atom stereocenters. The first-order chi connectivity index (χ1) is 14.4. The van der Waals surface area contributed by atoms with Crippen molar-refractivity contribution in [2.24, 2.45) is 5.92 Å². The lowest BCUT2D eigenvalue weighted by Gasteiger charge is -2.35. The summed E-state index contributed by atoms with van der Waals surface area (Å²) in [5.74, 6) is 1.09. The number of thioether (sulfide) groups is 1. The fourth-order valence-corrected chi connectivity index (χ4v) is 5.80. The van der Waals surface area contributed by atoms with Gasteiger partial charge in [0.2, 0.25) is 10.0 Å². The Labute approximate surface area is 179 Å². The summed E-state index contributed by atoms with van der Waals surface area (Å²) in [6, 6.07) is 9.57. The monoisotopic (exact) mass is 449 g/mol. The lowest BCUT2D eigenvalue weighted by molar-refractivity contribution is 0.385. The highest BCUT2D eigenvalue weighted by Gasteiger charge is 2.31. The first-order valence-electron chi connectivity index (χ1n) is 9.83. The number of sulfonamides is 1. The molecular weight excluding hydrogens is 425 g/mol. The van der Waals surface area contributed by atoms with Crippen molar-refractivity contribution in [1.29, 1.82) is 0 Å². The molecule has 0 radical (unpaired) electrons. The van der Waals surface area contributed by atoms with Crippen LogP contribution in [0.3, 0.4) is 0 Å². The molecule has 0 saturated carbocycles. The van der Waals surface area contributed by atoms with Crippen LogP contribution in [0.2, 0.25) is 0 Å². The smallest absolute Gasteiger partial charge is 0.246 e. The summed E-state index contributed by atoms with van der Waals surface area (Å²) in [7, 11) is -3.70. The number of piperazine rings is 1. The van der Waals surface area contributed by atoms with Crippen LogP contribution in [0.1, 0.15) is 13.8 Å². The van der Waals surface area contributed by atoms with Crippen molar-refractivity contribution in [3.05, 3.63) is 48.4 Å². The number of hydrogen-bond acceptors (Lipinski definition) is 6. The zero-order valence-corrected chi connectivity index (χ0v) is 18.5. The number of aromatic nitrogens is 3. The number of fused-ring (bicyclic) bond motifs is 1. The van der Waals surface area contributed by atoms with Gasteiger partial charge in [0.1, 0.15) is 10.7 Å². The molecule has 4 rings (SSSR count). The van der Waals surface area contributed by atoms with Gasteiger partial charge in [0, 0.05) is 43.8 Å². The van der Waals surface area contributed by atoms with Crippen LogP contribution in [0.4, 0.5) is 10.1 Å². The SMILES string of the molecule is CC(C)CSc1nnc2c(S(=O)(=O)N3CCN(c4ccc(F)cc4)CC3)cccn12. The number of halogens is 1. The Morgan fingerprint density at radius 1 is 1.07 bits per heavy atom. The normalized spacial score (nSPS) is 15.9. The minimum absolute atomic E-state index is 0.170. The molecule has 1 fully saturated rings. The Hall–Kier alpha value is -2.17. The minimum atomic E-state index is -3.70. The third-order valence-corrected chi connectivity index (χ3v) is 8.25. The van der Waals surface area contributed by atoms with Gasteiger partial charge in [-0.2, -0.15) is 4.31 Å². The third kappa shape index (κ3) is 4.17. The third-order valence-electron chi connectivity index (χ3n) is 4.96. The fraction of sp³-hybridized carbons (Fsp3) is 0.400. The lowest BCUT2D eigenvalue weighted by Crippen LogP contribution is -2.48. The molecule has 2 aromatic heterocycles. The summed E-state index contributed by atoms with van der Waals surface area (Å²) >= 11 is 1.57. The molecule has 1 aliphatic heterocycles. The molecule has 1 aliphatic rings. The maximum atomic E-state index is 13.3. The summed E-state index contributed by atoms with van der Waals surface area (Å²) in [5, 5.41) is 9.06.